The number of anilines is 3. The van der Waals surface area contributed by atoms with Gasteiger partial charge in [-0.25, -0.2) is 13.8 Å². The van der Waals surface area contributed by atoms with Crippen LogP contribution in [0.4, 0.5) is 25.5 Å². The number of hydrogen-bond donors (Lipinski definition) is 1. The zero-order valence-corrected chi connectivity index (χ0v) is 26.1. The molecule has 3 aromatic heterocycles. The van der Waals surface area contributed by atoms with Crippen LogP contribution < -0.4 is 15.5 Å². The first-order valence-corrected chi connectivity index (χ1v) is 16.3. The number of rotatable bonds is 6. The van der Waals surface area contributed by atoms with E-state index in [0.29, 0.717) is 29.4 Å². The lowest BCUT2D eigenvalue weighted by atomic mass is 9.93. The molecule has 13 heteroatoms. The minimum Gasteiger partial charge on any atom is -0.389 e. The number of ether oxygens (including phenoxy) is 2. The summed E-state index contributed by atoms with van der Waals surface area (Å²) in [5.41, 5.74) is 8.26. The number of nitrogen functional groups attached to an aromatic ring is 1. The molecule has 4 aromatic rings. The van der Waals surface area contributed by atoms with E-state index in [2.05, 4.69) is 32.7 Å². The molecule has 3 atom stereocenters. The number of nitrogens with two attached hydrogens (primary N) is 1. The second kappa shape index (κ2) is 11.0. The third-order valence-corrected chi connectivity index (χ3v) is 11.0. The van der Waals surface area contributed by atoms with Gasteiger partial charge in [0.1, 0.15) is 22.4 Å². The molecule has 0 spiro atoms. The molecular weight excluding hydrogens is 598 g/mol. The standard InChI is InChI=1S/C32H34F2N8O2S/c1-16-5-6-41(11-16)32-38-28-25(31(39-32)42-17-3-4-18(42)13-40(12-17)7-8-43-2)21-15-44-14-20(21)23(26(28)34)27-24-19(9-35)30(36)45-29(24)22(33)10-37-27/h10,16-18H,3-8,11-15,36H2,1-2H3. The first kappa shape index (κ1) is 28.8. The normalized spacial score (nSPS) is 23.0. The number of thiophene rings is 1. The maximum atomic E-state index is 17.3. The number of methoxy groups -OCH3 is 1. The van der Waals surface area contributed by atoms with Gasteiger partial charge in [-0.05, 0) is 36.3 Å². The van der Waals surface area contributed by atoms with Crippen LogP contribution in [0.2, 0.25) is 0 Å². The molecule has 2 bridgehead atoms. The highest BCUT2D eigenvalue weighted by atomic mass is 32.1. The lowest BCUT2D eigenvalue weighted by molar-refractivity contribution is 0.132. The molecular formula is C32H34F2N8O2S. The van der Waals surface area contributed by atoms with E-state index in [1.165, 1.54) is 0 Å². The zero-order chi connectivity index (χ0) is 31.0. The average molecular weight is 633 g/mol. The number of fused-ring (bicyclic) bond motifs is 6. The van der Waals surface area contributed by atoms with Crippen LogP contribution in [-0.4, -0.2) is 78.4 Å². The van der Waals surface area contributed by atoms with Crippen LogP contribution in [0, 0.1) is 28.9 Å². The first-order chi connectivity index (χ1) is 21.9. The number of piperazine rings is 1. The third-order valence-electron chi connectivity index (χ3n) is 9.93. The summed E-state index contributed by atoms with van der Waals surface area (Å²) in [7, 11) is 1.73. The summed E-state index contributed by atoms with van der Waals surface area (Å²) in [6.07, 6.45) is 4.15. The smallest absolute Gasteiger partial charge is 0.228 e. The Morgan fingerprint density at radius 1 is 1.11 bits per heavy atom. The van der Waals surface area contributed by atoms with Gasteiger partial charge in [0.05, 0.1) is 47.4 Å². The summed E-state index contributed by atoms with van der Waals surface area (Å²) in [5.74, 6) is 0.590. The van der Waals surface area contributed by atoms with Crippen molar-refractivity contribution in [1.82, 2.24) is 19.9 Å². The molecule has 1 aromatic carbocycles. The summed E-state index contributed by atoms with van der Waals surface area (Å²) in [5, 5.41) is 11.0. The van der Waals surface area contributed by atoms with Crippen molar-refractivity contribution in [2.45, 2.75) is 51.5 Å². The number of likely N-dealkylation sites (tertiary alicyclic amines) is 1. The lowest BCUT2D eigenvalue weighted by Gasteiger charge is -2.42. The van der Waals surface area contributed by atoms with Crippen molar-refractivity contribution >= 4 is 49.1 Å². The second-order valence-corrected chi connectivity index (χ2v) is 13.8. The van der Waals surface area contributed by atoms with Crippen LogP contribution in [0.15, 0.2) is 6.20 Å². The van der Waals surface area contributed by atoms with Crippen LogP contribution >= 0.6 is 11.3 Å². The third kappa shape index (κ3) is 4.45. The Labute approximate surface area is 263 Å². The molecule has 4 aliphatic rings. The van der Waals surface area contributed by atoms with Crippen molar-refractivity contribution in [2.75, 3.05) is 62.0 Å². The maximum absolute atomic E-state index is 17.3. The van der Waals surface area contributed by atoms with E-state index >= 15 is 4.39 Å². The molecule has 0 radical (unpaired) electrons. The van der Waals surface area contributed by atoms with Crippen LogP contribution in [0.3, 0.4) is 0 Å². The Hall–Kier alpha value is -3.70. The monoisotopic (exact) mass is 632 g/mol. The van der Waals surface area contributed by atoms with E-state index in [9.17, 15) is 9.65 Å². The molecule has 4 aliphatic heterocycles. The lowest BCUT2D eigenvalue weighted by Crippen LogP contribution is -2.54. The highest BCUT2D eigenvalue weighted by Gasteiger charge is 2.43. The SMILES string of the molecule is COCCN1CC2CCC(C1)N2c1nc(N2CCC(C)C2)nc2c(F)c(-c3ncc(F)c4sc(N)c(C#N)c34)c3c(c12)COC3. The second-order valence-electron chi connectivity index (χ2n) is 12.7. The van der Waals surface area contributed by atoms with Gasteiger partial charge in [0.25, 0.3) is 0 Å². The molecule has 7 heterocycles. The predicted molar refractivity (Wildman–Crippen MR) is 169 cm³/mol. The number of halogens is 2. The molecule has 45 heavy (non-hydrogen) atoms. The number of nitriles is 1. The van der Waals surface area contributed by atoms with Gasteiger partial charge < -0.3 is 25.0 Å². The molecule has 3 saturated heterocycles. The molecule has 0 amide bonds. The van der Waals surface area contributed by atoms with Gasteiger partial charge >= 0.3 is 0 Å². The Bertz CT molecular complexity index is 1880. The number of nitrogens with zero attached hydrogens (tertiary/aromatic N) is 7. The quantitative estimate of drug-likeness (QED) is 0.317. The van der Waals surface area contributed by atoms with E-state index in [4.69, 9.17) is 25.2 Å². The van der Waals surface area contributed by atoms with Crippen LogP contribution in [0.1, 0.15) is 42.9 Å². The van der Waals surface area contributed by atoms with Gasteiger partial charge in [-0.15, -0.1) is 11.3 Å². The summed E-state index contributed by atoms with van der Waals surface area (Å²) in [6, 6.07) is 2.55. The van der Waals surface area contributed by atoms with E-state index < -0.39 is 11.6 Å². The summed E-state index contributed by atoms with van der Waals surface area (Å²) in [6.45, 7) is 7.54. The fourth-order valence-electron chi connectivity index (χ4n) is 7.82. The zero-order valence-electron chi connectivity index (χ0n) is 25.3. The highest BCUT2D eigenvalue weighted by Crippen LogP contribution is 2.48. The molecule has 0 saturated carbocycles. The Kier molecular flexibility index (Phi) is 7.01. The average Bonchev–Trinajstić information content (AvgIpc) is 3.82. The van der Waals surface area contributed by atoms with Crippen LogP contribution in [0.5, 0.6) is 0 Å². The molecule has 10 nitrogen and oxygen atoms in total. The van der Waals surface area contributed by atoms with E-state index in [1.807, 2.05) is 0 Å². The largest absolute Gasteiger partial charge is 0.389 e. The maximum Gasteiger partial charge on any atom is 0.228 e. The fraction of sp³-hybridized carbons (Fsp3) is 0.500. The number of pyridine rings is 1. The molecule has 234 valence electrons. The topological polar surface area (TPSA) is 117 Å². The van der Waals surface area contributed by atoms with E-state index in [1.54, 1.807) is 7.11 Å². The van der Waals surface area contributed by atoms with Crippen molar-refractivity contribution in [3.63, 3.8) is 0 Å². The Balaban J connectivity index is 1.38. The minimum atomic E-state index is -0.601. The molecule has 0 aliphatic carbocycles. The van der Waals surface area contributed by atoms with Gasteiger partial charge in [0, 0.05) is 62.9 Å². The summed E-state index contributed by atoms with van der Waals surface area (Å²) in [4.78, 5) is 21.6. The summed E-state index contributed by atoms with van der Waals surface area (Å²) >= 11 is 0.970. The van der Waals surface area contributed by atoms with Crippen LogP contribution in [-0.2, 0) is 22.7 Å². The minimum absolute atomic E-state index is 0.0993. The highest BCUT2D eigenvalue weighted by molar-refractivity contribution is 7.23. The van der Waals surface area contributed by atoms with Gasteiger partial charge in [-0.3, -0.25) is 9.88 Å². The van der Waals surface area contributed by atoms with Crippen LogP contribution in [0.25, 0.3) is 32.2 Å². The number of aromatic nitrogens is 3. The van der Waals surface area contributed by atoms with Gasteiger partial charge in [-0.2, -0.15) is 10.2 Å². The first-order valence-electron chi connectivity index (χ1n) is 15.5. The molecule has 8 rings (SSSR count). The molecule has 3 fully saturated rings. The predicted octanol–water partition coefficient (Wildman–Crippen LogP) is 4.81. The molecule has 2 N–H and O–H groups in total. The van der Waals surface area contributed by atoms with Crippen molar-refractivity contribution in [2.24, 2.45) is 5.92 Å². The summed E-state index contributed by atoms with van der Waals surface area (Å²) < 4.78 is 43.8. The van der Waals surface area contributed by atoms with Crippen molar-refractivity contribution in [1.29, 1.82) is 5.26 Å². The van der Waals surface area contributed by atoms with Gasteiger partial charge in [0.15, 0.2) is 11.6 Å². The Morgan fingerprint density at radius 3 is 2.60 bits per heavy atom. The van der Waals surface area contributed by atoms with Crippen molar-refractivity contribution in [3.8, 4) is 17.3 Å². The van der Waals surface area contributed by atoms with Gasteiger partial charge in [0.2, 0.25) is 5.95 Å². The van der Waals surface area contributed by atoms with Gasteiger partial charge in [-0.1, -0.05) is 6.92 Å². The van der Waals surface area contributed by atoms with E-state index in [0.717, 1.165) is 80.9 Å². The number of benzene rings is 1. The van der Waals surface area contributed by atoms with Crippen molar-refractivity contribution in [3.05, 3.63) is 34.5 Å². The van der Waals surface area contributed by atoms with Crippen molar-refractivity contribution < 1.29 is 18.3 Å². The van der Waals surface area contributed by atoms with E-state index in [-0.39, 0.29) is 62.7 Å². The molecule has 3 unspecified atom stereocenters. The fourth-order valence-corrected chi connectivity index (χ4v) is 8.74. The Morgan fingerprint density at radius 2 is 1.89 bits per heavy atom. The number of hydrogen-bond acceptors (Lipinski definition) is 11.